The average molecular weight is 268 g/mol. The third-order valence-corrected chi connectivity index (χ3v) is 3.61. The second kappa shape index (κ2) is 5.95. The Morgan fingerprint density at radius 2 is 2.15 bits per heavy atom. The largest absolute Gasteiger partial charge is 0.494 e. The summed E-state index contributed by atoms with van der Waals surface area (Å²) in [6, 6.07) is 12.5. The van der Waals surface area contributed by atoms with Crippen LogP contribution >= 0.6 is 0 Å². The maximum Gasteiger partial charge on any atom is 0.126 e. The number of fused-ring (bicyclic) bond motifs is 1. The highest BCUT2D eigenvalue weighted by Crippen LogP contribution is 2.22. The molecule has 0 aliphatic heterocycles. The second-order valence-corrected chi connectivity index (χ2v) is 5.09. The van der Waals surface area contributed by atoms with E-state index in [0.29, 0.717) is 6.61 Å². The summed E-state index contributed by atoms with van der Waals surface area (Å²) in [5, 5.41) is 3.39. The number of hydrogen-bond donors (Lipinski definition) is 1. The first-order valence-electron chi connectivity index (χ1n) is 7.29. The number of aromatic nitrogens is 1. The highest BCUT2D eigenvalue weighted by molar-refractivity contribution is 5.41. The zero-order valence-corrected chi connectivity index (χ0v) is 11.9. The van der Waals surface area contributed by atoms with E-state index >= 15 is 0 Å². The summed E-state index contributed by atoms with van der Waals surface area (Å²) in [5.74, 6) is 1.89. The Hall–Kier alpha value is -2.03. The zero-order valence-electron chi connectivity index (χ0n) is 11.9. The number of ether oxygens (including phenoxy) is 1. The molecule has 1 heterocycles. The lowest BCUT2D eigenvalue weighted by molar-refractivity contribution is 0.340. The molecule has 3 nitrogen and oxygen atoms in total. The molecule has 2 aromatic rings. The summed E-state index contributed by atoms with van der Waals surface area (Å²) in [6.07, 6.45) is 3.53. The van der Waals surface area contributed by atoms with Gasteiger partial charge in [-0.3, -0.25) is 0 Å². The van der Waals surface area contributed by atoms with Crippen LogP contribution in [0.25, 0.3) is 0 Å². The quantitative estimate of drug-likeness (QED) is 0.900. The van der Waals surface area contributed by atoms with Crippen LogP contribution < -0.4 is 10.1 Å². The highest BCUT2D eigenvalue weighted by atomic mass is 16.5. The van der Waals surface area contributed by atoms with E-state index in [1.807, 2.05) is 19.1 Å². The molecule has 20 heavy (non-hydrogen) atoms. The van der Waals surface area contributed by atoms with Crippen LogP contribution in [0.15, 0.2) is 36.4 Å². The van der Waals surface area contributed by atoms with Gasteiger partial charge in [-0.25, -0.2) is 4.98 Å². The van der Waals surface area contributed by atoms with Crippen molar-refractivity contribution in [3.8, 4) is 5.75 Å². The van der Waals surface area contributed by atoms with E-state index in [2.05, 4.69) is 34.6 Å². The van der Waals surface area contributed by atoms with Gasteiger partial charge < -0.3 is 10.1 Å². The molecule has 0 saturated heterocycles. The Bertz CT molecular complexity index is 595. The fourth-order valence-electron chi connectivity index (χ4n) is 2.62. The molecule has 0 amide bonds. The molecule has 0 bridgehead atoms. The molecule has 1 N–H and O–H groups in total. The number of anilines is 1. The molecule has 1 aliphatic carbocycles. The van der Waals surface area contributed by atoms with E-state index in [-0.39, 0.29) is 0 Å². The van der Waals surface area contributed by atoms with Crippen molar-refractivity contribution < 1.29 is 4.74 Å². The lowest BCUT2D eigenvalue weighted by Gasteiger charge is -2.09. The third-order valence-electron chi connectivity index (χ3n) is 3.61. The Morgan fingerprint density at radius 1 is 1.20 bits per heavy atom. The topological polar surface area (TPSA) is 34.1 Å². The average Bonchev–Trinajstić information content (AvgIpc) is 2.93. The summed E-state index contributed by atoms with van der Waals surface area (Å²) in [7, 11) is 0. The molecule has 0 radical (unpaired) electrons. The lowest BCUT2D eigenvalue weighted by Crippen LogP contribution is -2.03. The summed E-state index contributed by atoms with van der Waals surface area (Å²) in [4.78, 5) is 4.68. The van der Waals surface area contributed by atoms with Crippen LogP contribution in [-0.2, 0) is 19.4 Å². The van der Waals surface area contributed by atoms with Crippen molar-refractivity contribution in [3.63, 3.8) is 0 Å². The van der Waals surface area contributed by atoms with Crippen LogP contribution in [0.3, 0.4) is 0 Å². The van der Waals surface area contributed by atoms with Crippen LogP contribution in [0, 0.1) is 0 Å². The molecule has 0 unspecified atom stereocenters. The first-order chi connectivity index (χ1) is 9.85. The van der Waals surface area contributed by atoms with Crippen LogP contribution in [0.1, 0.15) is 30.2 Å². The van der Waals surface area contributed by atoms with Crippen molar-refractivity contribution in [2.24, 2.45) is 0 Å². The number of rotatable bonds is 5. The van der Waals surface area contributed by atoms with E-state index in [4.69, 9.17) is 4.74 Å². The summed E-state index contributed by atoms with van der Waals surface area (Å²) in [5.41, 5.74) is 3.88. The summed E-state index contributed by atoms with van der Waals surface area (Å²) in [6.45, 7) is 3.47. The SMILES string of the molecule is CCOc1cccc(CNc2ccc3c(n2)CCC3)c1. The smallest absolute Gasteiger partial charge is 0.126 e. The van der Waals surface area contributed by atoms with E-state index in [9.17, 15) is 0 Å². The Morgan fingerprint density at radius 3 is 3.05 bits per heavy atom. The molecule has 1 aliphatic rings. The monoisotopic (exact) mass is 268 g/mol. The van der Waals surface area contributed by atoms with Crippen molar-refractivity contribution in [2.75, 3.05) is 11.9 Å². The number of aryl methyl sites for hydroxylation is 2. The van der Waals surface area contributed by atoms with E-state index < -0.39 is 0 Å². The van der Waals surface area contributed by atoms with Crippen molar-refractivity contribution in [2.45, 2.75) is 32.7 Å². The highest BCUT2D eigenvalue weighted by Gasteiger charge is 2.12. The number of nitrogens with zero attached hydrogens (tertiary/aromatic N) is 1. The molecule has 1 aromatic carbocycles. The predicted octanol–water partition coefficient (Wildman–Crippen LogP) is 3.58. The summed E-state index contributed by atoms with van der Waals surface area (Å²) < 4.78 is 5.52. The van der Waals surface area contributed by atoms with Gasteiger partial charge in [-0.15, -0.1) is 0 Å². The van der Waals surface area contributed by atoms with Gasteiger partial charge in [0.1, 0.15) is 11.6 Å². The van der Waals surface area contributed by atoms with Crippen LogP contribution in [0.4, 0.5) is 5.82 Å². The number of pyridine rings is 1. The minimum atomic E-state index is 0.698. The maximum atomic E-state index is 5.52. The Labute approximate surface area is 120 Å². The lowest BCUT2D eigenvalue weighted by atomic mass is 10.2. The van der Waals surface area contributed by atoms with Crippen molar-refractivity contribution >= 4 is 5.82 Å². The fraction of sp³-hybridized carbons (Fsp3) is 0.353. The Balaban J connectivity index is 1.65. The van der Waals surface area contributed by atoms with Gasteiger partial charge in [0.05, 0.1) is 6.61 Å². The standard InChI is InChI=1S/C17H20N2O/c1-2-20-15-7-3-5-13(11-15)12-18-17-10-9-14-6-4-8-16(14)19-17/h3,5,7,9-11H,2,4,6,8,12H2,1H3,(H,18,19). The van der Waals surface area contributed by atoms with Gasteiger partial charge >= 0.3 is 0 Å². The van der Waals surface area contributed by atoms with Gasteiger partial charge in [0.15, 0.2) is 0 Å². The molecule has 104 valence electrons. The first-order valence-corrected chi connectivity index (χ1v) is 7.29. The molecule has 0 atom stereocenters. The van der Waals surface area contributed by atoms with E-state index in [1.165, 1.54) is 29.7 Å². The van der Waals surface area contributed by atoms with Crippen molar-refractivity contribution in [1.29, 1.82) is 0 Å². The van der Waals surface area contributed by atoms with Gasteiger partial charge in [0, 0.05) is 12.2 Å². The molecule has 0 saturated carbocycles. The predicted molar refractivity (Wildman–Crippen MR) is 81.2 cm³/mol. The molecule has 0 spiro atoms. The van der Waals surface area contributed by atoms with Gasteiger partial charge in [0.25, 0.3) is 0 Å². The van der Waals surface area contributed by atoms with Crippen LogP contribution in [0.2, 0.25) is 0 Å². The fourth-order valence-corrected chi connectivity index (χ4v) is 2.62. The number of hydrogen-bond acceptors (Lipinski definition) is 3. The van der Waals surface area contributed by atoms with Gasteiger partial charge in [-0.2, -0.15) is 0 Å². The van der Waals surface area contributed by atoms with Crippen molar-refractivity contribution in [3.05, 3.63) is 53.2 Å². The summed E-state index contributed by atoms with van der Waals surface area (Å²) >= 11 is 0. The molecule has 1 aromatic heterocycles. The molecular formula is C17H20N2O. The molecular weight excluding hydrogens is 248 g/mol. The first kappa shape index (κ1) is 13.0. The van der Waals surface area contributed by atoms with Gasteiger partial charge in [0.2, 0.25) is 0 Å². The minimum Gasteiger partial charge on any atom is -0.494 e. The number of benzene rings is 1. The van der Waals surface area contributed by atoms with E-state index in [0.717, 1.165) is 24.5 Å². The normalized spacial score (nSPS) is 13.1. The molecule has 3 heteroatoms. The minimum absolute atomic E-state index is 0.698. The molecule has 0 fully saturated rings. The third kappa shape index (κ3) is 2.93. The van der Waals surface area contributed by atoms with E-state index in [1.54, 1.807) is 0 Å². The Kier molecular flexibility index (Phi) is 3.86. The van der Waals surface area contributed by atoms with Crippen LogP contribution in [-0.4, -0.2) is 11.6 Å². The molecule has 3 rings (SSSR count). The van der Waals surface area contributed by atoms with Crippen LogP contribution in [0.5, 0.6) is 5.75 Å². The van der Waals surface area contributed by atoms with Gasteiger partial charge in [-0.1, -0.05) is 18.2 Å². The second-order valence-electron chi connectivity index (χ2n) is 5.09. The number of nitrogens with one attached hydrogen (secondary N) is 1. The maximum absolute atomic E-state index is 5.52. The van der Waals surface area contributed by atoms with Gasteiger partial charge in [-0.05, 0) is 55.5 Å². The van der Waals surface area contributed by atoms with Crippen molar-refractivity contribution in [1.82, 2.24) is 4.98 Å². The zero-order chi connectivity index (χ0) is 13.8.